The van der Waals surface area contributed by atoms with Crippen LogP contribution < -0.4 is 5.56 Å². The highest BCUT2D eigenvalue weighted by Crippen LogP contribution is 2.04. The van der Waals surface area contributed by atoms with E-state index in [4.69, 9.17) is 1.37 Å². The predicted octanol–water partition coefficient (Wildman–Crippen LogP) is 0.879. The number of hydrogen-bond acceptors (Lipinski definition) is 2. The minimum absolute atomic E-state index is 0.0270. The quantitative estimate of drug-likeness (QED) is 0.669. The van der Waals surface area contributed by atoms with Gasteiger partial charge in [-0.05, 0) is 13.0 Å². The fourth-order valence-corrected chi connectivity index (χ4v) is 1.23. The van der Waals surface area contributed by atoms with Crippen LogP contribution in [0.2, 0.25) is 0 Å². The first kappa shape index (κ1) is 7.55. The van der Waals surface area contributed by atoms with Crippen LogP contribution in [0, 0.1) is 6.92 Å². The molecule has 0 amide bonds. The van der Waals surface area contributed by atoms with Crippen LogP contribution in [0.15, 0.2) is 35.2 Å². The smallest absolute Gasteiger partial charge is 0.256 e. The molecular weight excluding hydrogens is 178 g/mol. The molecule has 0 aromatic carbocycles. The number of nitrogens with zero attached hydrogens (tertiary/aromatic N) is 3. The lowest BCUT2D eigenvalue weighted by Gasteiger charge is -1.98. The Hall–Kier alpha value is -1.84. The van der Waals surface area contributed by atoms with Crippen LogP contribution in [0.5, 0.6) is 0 Å². The number of hydrogen-bond donors (Lipinski definition) is 0. The largest absolute Gasteiger partial charge is 0.271 e. The molecule has 2 aromatic rings. The number of rotatable bonds is 1. The molecular formula is C10H11N3O. The van der Waals surface area contributed by atoms with Gasteiger partial charge in [0.2, 0.25) is 0 Å². The fraction of sp³-hybridized carbons (Fsp3) is 0.200. The molecule has 2 rings (SSSR count). The molecule has 0 N–H and O–H groups in total. The van der Waals surface area contributed by atoms with E-state index < -0.39 is 0 Å². The van der Waals surface area contributed by atoms with Gasteiger partial charge in [0.05, 0.1) is 1.37 Å². The Balaban J connectivity index is 2.64. The van der Waals surface area contributed by atoms with Crippen molar-refractivity contribution in [2.24, 2.45) is 7.05 Å². The first-order valence-electron chi connectivity index (χ1n) is 4.79. The van der Waals surface area contributed by atoms with Gasteiger partial charge in [-0.1, -0.05) is 6.07 Å². The Labute approximate surface area is 82.8 Å². The molecule has 0 saturated heterocycles. The van der Waals surface area contributed by atoms with Gasteiger partial charge in [0.1, 0.15) is 0 Å². The zero-order valence-electron chi connectivity index (χ0n) is 9.06. The fourth-order valence-electron chi connectivity index (χ4n) is 1.23. The van der Waals surface area contributed by atoms with E-state index in [1.807, 2.05) is 14.0 Å². The van der Waals surface area contributed by atoms with Gasteiger partial charge in [0.15, 0.2) is 5.82 Å². The van der Waals surface area contributed by atoms with Gasteiger partial charge in [0, 0.05) is 31.0 Å². The van der Waals surface area contributed by atoms with Gasteiger partial charge in [-0.2, -0.15) is 5.10 Å². The van der Waals surface area contributed by atoms with Crippen LogP contribution >= 0.6 is 0 Å². The summed E-state index contributed by atoms with van der Waals surface area (Å²) in [6.07, 6.45) is 1.61. The molecule has 2 aromatic heterocycles. The highest BCUT2D eigenvalue weighted by atomic mass is 16.1. The van der Waals surface area contributed by atoms with Crippen molar-refractivity contribution in [3.05, 3.63) is 46.5 Å². The summed E-state index contributed by atoms with van der Waals surface area (Å²) < 4.78 is 10.5. The van der Waals surface area contributed by atoms with Crippen LogP contribution in [0.3, 0.4) is 0 Å². The lowest BCUT2D eigenvalue weighted by molar-refractivity contribution is 0.724. The molecule has 0 aliphatic carbocycles. The molecule has 2 heterocycles. The lowest BCUT2D eigenvalue weighted by Crippen LogP contribution is -2.16. The third-order valence-corrected chi connectivity index (χ3v) is 2.10. The minimum Gasteiger partial charge on any atom is -0.271 e. The first-order valence-corrected chi connectivity index (χ1v) is 4.29. The maximum absolute atomic E-state index is 11.6. The summed E-state index contributed by atoms with van der Waals surface area (Å²) in [4.78, 5) is 11.6. The zero-order valence-corrected chi connectivity index (χ0v) is 8.06. The topological polar surface area (TPSA) is 39.8 Å². The highest BCUT2D eigenvalue weighted by Gasteiger charge is 2.03. The van der Waals surface area contributed by atoms with Crippen LogP contribution in [-0.2, 0) is 7.05 Å². The van der Waals surface area contributed by atoms with E-state index in [1.54, 1.807) is 23.0 Å². The second kappa shape index (κ2) is 3.14. The predicted molar refractivity (Wildman–Crippen MR) is 53.5 cm³/mol. The molecule has 4 nitrogen and oxygen atoms in total. The monoisotopic (exact) mass is 190 g/mol. The Morgan fingerprint density at radius 3 is 2.93 bits per heavy atom. The zero-order chi connectivity index (χ0) is 11.0. The molecule has 0 spiro atoms. The minimum atomic E-state index is -0.351. The summed E-state index contributed by atoms with van der Waals surface area (Å²) in [7, 11) is 1.81. The molecule has 4 heteroatoms. The van der Waals surface area contributed by atoms with E-state index in [2.05, 4.69) is 5.10 Å². The van der Waals surface area contributed by atoms with Crippen LogP contribution in [0.25, 0.3) is 5.82 Å². The van der Waals surface area contributed by atoms with Gasteiger partial charge < -0.3 is 0 Å². The molecule has 0 saturated carbocycles. The Morgan fingerprint density at radius 1 is 1.50 bits per heavy atom. The van der Waals surface area contributed by atoms with E-state index in [-0.39, 0.29) is 11.6 Å². The van der Waals surface area contributed by atoms with E-state index in [0.717, 1.165) is 5.69 Å². The molecule has 0 atom stereocenters. The normalized spacial score (nSPS) is 11.4. The summed E-state index contributed by atoms with van der Waals surface area (Å²) in [5, 5.41) is 4.18. The maximum atomic E-state index is 11.6. The maximum Gasteiger partial charge on any atom is 0.256 e. The third kappa shape index (κ3) is 1.35. The van der Waals surface area contributed by atoms with Crippen molar-refractivity contribution < 1.29 is 1.37 Å². The molecule has 0 aliphatic heterocycles. The third-order valence-electron chi connectivity index (χ3n) is 2.10. The summed E-state index contributed by atoms with van der Waals surface area (Å²) in [6, 6.07) is 4.91. The van der Waals surface area contributed by atoms with E-state index in [1.165, 1.54) is 10.6 Å². The van der Waals surface area contributed by atoms with Gasteiger partial charge in [0.25, 0.3) is 5.56 Å². The van der Waals surface area contributed by atoms with Crippen molar-refractivity contribution in [3.63, 3.8) is 0 Å². The standard InChI is InChI=1S/C10H11N3O/c1-8-7-9(11-12(8)2)13-6-4-3-5-10(13)14/h3-7H,1-2H3/i5D. The van der Waals surface area contributed by atoms with Crippen LogP contribution in [0.4, 0.5) is 0 Å². The molecule has 0 aliphatic rings. The van der Waals surface area contributed by atoms with Crippen LogP contribution in [0.1, 0.15) is 7.06 Å². The number of aromatic nitrogens is 3. The van der Waals surface area contributed by atoms with Gasteiger partial charge in [-0.15, -0.1) is 0 Å². The summed E-state index contributed by atoms with van der Waals surface area (Å²) in [5.41, 5.74) is 0.614. The molecule has 0 unspecified atom stereocenters. The van der Waals surface area contributed by atoms with E-state index in [9.17, 15) is 4.79 Å². The summed E-state index contributed by atoms with van der Waals surface area (Å²) >= 11 is 0. The highest BCUT2D eigenvalue weighted by molar-refractivity contribution is 5.24. The first-order chi connectivity index (χ1) is 7.09. The van der Waals surface area contributed by atoms with Crippen molar-refractivity contribution in [3.8, 4) is 5.82 Å². The van der Waals surface area contributed by atoms with Gasteiger partial charge >= 0.3 is 0 Å². The Kier molecular flexibility index (Phi) is 1.69. The number of pyridine rings is 1. The average Bonchev–Trinajstić information content (AvgIpc) is 2.51. The SMILES string of the molecule is [2H]c1cccn(-c2cc(C)n(C)n2)c1=O. The average molecular weight is 190 g/mol. The molecule has 72 valence electrons. The van der Waals surface area contributed by atoms with Crippen molar-refractivity contribution in [1.82, 2.24) is 14.3 Å². The van der Waals surface area contributed by atoms with E-state index >= 15 is 0 Å². The molecule has 0 radical (unpaired) electrons. The Bertz CT molecular complexity index is 537. The second-order valence-electron chi connectivity index (χ2n) is 3.10. The van der Waals surface area contributed by atoms with Crippen molar-refractivity contribution >= 4 is 0 Å². The number of aryl methyl sites for hydroxylation is 2. The summed E-state index contributed by atoms with van der Waals surface area (Å²) in [5.74, 6) is 0.550. The van der Waals surface area contributed by atoms with Crippen molar-refractivity contribution in [1.29, 1.82) is 0 Å². The van der Waals surface area contributed by atoms with Crippen LogP contribution in [-0.4, -0.2) is 14.3 Å². The van der Waals surface area contributed by atoms with E-state index in [0.29, 0.717) is 5.82 Å². The van der Waals surface area contributed by atoms with Gasteiger partial charge in [-0.3, -0.25) is 14.0 Å². The summed E-state index contributed by atoms with van der Waals surface area (Å²) in [6.45, 7) is 1.91. The second-order valence-corrected chi connectivity index (χ2v) is 3.10. The van der Waals surface area contributed by atoms with Crippen molar-refractivity contribution in [2.75, 3.05) is 0 Å². The molecule has 0 fully saturated rings. The van der Waals surface area contributed by atoms with Crippen molar-refractivity contribution in [2.45, 2.75) is 6.92 Å². The lowest BCUT2D eigenvalue weighted by atomic mass is 10.4. The molecule has 14 heavy (non-hydrogen) atoms. The Morgan fingerprint density at radius 2 is 2.29 bits per heavy atom. The molecule has 0 bridgehead atoms. The van der Waals surface area contributed by atoms with Gasteiger partial charge in [-0.25, -0.2) is 0 Å².